The number of hydrogen-bond donors (Lipinski definition) is 0. The number of benzene rings is 1. The Hall–Kier alpha value is -2.34. The van der Waals surface area contributed by atoms with Gasteiger partial charge in [0.2, 0.25) is 5.91 Å². The van der Waals surface area contributed by atoms with Crippen LogP contribution >= 0.6 is 0 Å². The third-order valence-electron chi connectivity index (χ3n) is 5.35. The van der Waals surface area contributed by atoms with Crippen molar-refractivity contribution in [2.45, 2.75) is 38.8 Å². The third kappa shape index (κ3) is 3.21. The van der Waals surface area contributed by atoms with Crippen LogP contribution < -0.4 is 4.74 Å². The standard InChI is InChI=1S/C20H25N3O3/c1-14(24)22-8-9-26-17(12-22)13-23-7-6-21-20(23)18-10-15-4-3-5-16(15)11-19(18)25-2/h6-7,10-11,17H,3-5,8-9,12-13H2,1-2H3. The van der Waals surface area contributed by atoms with Crippen molar-refractivity contribution in [2.75, 3.05) is 26.8 Å². The van der Waals surface area contributed by atoms with Crippen molar-refractivity contribution in [3.8, 4) is 17.1 Å². The Kier molecular flexibility index (Phi) is 4.68. The van der Waals surface area contributed by atoms with E-state index in [1.807, 2.05) is 17.3 Å². The molecule has 138 valence electrons. The van der Waals surface area contributed by atoms with E-state index in [0.29, 0.717) is 26.2 Å². The van der Waals surface area contributed by atoms with Gasteiger partial charge in [0.05, 0.1) is 31.9 Å². The zero-order valence-electron chi connectivity index (χ0n) is 15.4. The summed E-state index contributed by atoms with van der Waals surface area (Å²) in [7, 11) is 1.71. The Labute approximate surface area is 153 Å². The van der Waals surface area contributed by atoms with Crippen LogP contribution in [0.5, 0.6) is 5.75 Å². The number of amides is 1. The average molecular weight is 355 g/mol. The predicted molar refractivity (Wildman–Crippen MR) is 98.2 cm³/mol. The molecule has 4 rings (SSSR count). The van der Waals surface area contributed by atoms with Crippen molar-refractivity contribution < 1.29 is 14.3 Å². The van der Waals surface area contributed by atoms with Gasteiger partial charge in [-0.25, -0.2) is 4.98 Å². The molecule has 1 aromatic carbocycles. The Bertz CT molecular complexity index is 815. The maximum Gasteiger partial charge on any atom is 0.219 e. The molecular weight excluding hydrogens is 330 g/mol. The zero-order chi connectivity index (χ0) is 18.1. The highest BCUT2D eigenvalue weighted by molar-refractivity contribution is 5.73. The maximum atomic E-state index is 11.7. The molecule has 0 spiro atoms. The van der Waals surface area contributed by atoms with Crippen LogP contribution in [0.1, 0.15) is 24.5 Å². The summed E-state index contributed by atoms with van der Waals surface area (Å²) in [5.41, 5.74) is 3.81. The molecule has 6 heteroatoms. The summed E-state index contributed by atoms with van der Waals surface area (Å²) in [6, 6.07) is 4.38. The number of fused-ring (bicyclic) bond motifs is 1. The molecule has 1 saturated heterocycles. The lowest BCUT2D eigenvalue weighted by molar-refractivity contribution is -0.136. The number of aromatic nitrogens is 2. The van der Waals surface area contributed by atoms with Gasteiger partial charge in [-0.2, -0.15) is 0 Å². The fourth-order valence-electron chi connectivity index (χ4n) is 3.98. The fourth-order valence-corrected chi connectivity index (χ4v) is 3.98. The molecule has 1 amide bonds. The summed E-state index contributed by atoms with van der Waals surface area (Å²) in [5.74, 6) is 1.86. The molecule has 6 nitrogen and oxygen atoms in total. The van der Waals surface area contributed by atoms with Crippen LogP contribution in [0.2, 0.25) is 0 Å². The van der Waals surface area contributed by atoms with E-state index >= 15 is 0 Å². The van der Waals surface area contributed by atoms with Crippen LogP contribution in [0.25, 0.3) is 11.4 Å². The van der Waals surface area contributed by atoms with Gasteiger partial charge in [0, 0.05) is 32.4 Å². The quantitative estimate of drug-likeness (QED) is 0.844. The summed E-state index contributed by atoms with van der Waals surface area (Å²) >= 11 is 0. The number of aryl methyl sites for hydroxylation is 2. The predicted octanol–water partition coefficient (Wildman–Crippen LogP) is 2.29. The van der Waals surface area contributed by atoms with Gasteiger partial charge >= 0.3 is 0 Å². The summed E-state index contributed by atoms with van der Waals surface area (Å²) in [4.78, 5) is 18.1. The van der Waals surface area contributed by atoms with E-state index in [9.17, 15) is 4.79 Å². The molecular formula is C20H25N3O3. The number of rotatable bonds is 4. The van der Waals surface area contributed by atoms with Gasteiger partial charge in [0.1, 0.15) is 11.6 Å². The van der Waals surface area contributed by atoms with Crippen molar-refractivity contribution in [3.05, 3.63) is 35.7 Å². The lowest BCUT2D eigenvalue weighted by Gasteiger charge is -2.32. The second kappa shape index (κ2) is 7.11. The minimum absolute atomic E-state index is 0.0268. The Morgan fingerprint density at radius 1 is 1.35 bits per heavy atom. The first kappa shape index (κ1) is 17.1. The molecule has 1 aliphatic heterocycles. The molecule has 0 saturated carbocycles. The van der Waals surface area contributed by atoms with Crippen LogP contribution in [0.15, 0.2) is 24.5 Å². The van der Waals surface area contributed by atoms with E-state index in [-0.39, 0.29) is 12.0 Å². The van der Waals surface area contributed by atoms with Crippen LogP contribution in [-0.2, 0) is 28.9 Å². The molecule has 26 heavy (non-hydrogen) atoms. The van der Waals surface area contributed by atoms with Gasteiger partial charge in [-0.15, -0.1) is 0 Å². The van der Waals surface area contributed by atoms with Crippen molar-refractivity contribution in [2.24, 2.45) is 0 Å². The highest BCUT2D eigenvalue weighted by atomic mass is 16.5. The molecule has 2 aromatic rings. The number of nitrogens with zero attached hydrogens (tertiary/aromatic N) is 3. The SMILES string of the molecule is COc1cc2c(cc1-c1nccn1CC1CN(C(C)=O)CCO1)CCC2. The third-order valence-corrected chi connectivity index (χ3v) is 5.35. The van der Waals surface area contributed by atoms with Crippen LogP contribution in [0, 0.1) is 0 Å². The molecule has 2 aliphatic rings. The largest absolute Gasteiger partial charge is 0.496 e. The monoisotopic (exact) mass is 355 g/mol. The van der Waals surface area contributed by atoms with E-state index in [4.69, 9.17) is 9.47 Å². The lowest BCUT2D eigenvalue weighted by Crippen LogP contribution is -2.46. The number of hydrogen-bond acceptors (Lipinski definition) is 4. The van der Waals surface area contributed by atoms with Crippen molar-refractivity contribution in [3.63, 3.8) is 0 Å². The molecule has 1 fully saturated rings. The molecule has 0 radical (unpaired) electrons. The normalized spacial score (nSPS) is 19.5. The van der Waals surface area contributed by atoms with Crippen molar-refractivity contribution in [1.29, 1.82) is 0 Å². The van der Waals surface area contributed by atoms with Gasteiger partial charge in [-0.05, 0) is 42.5 Å². The van der Waals surface area contributed by atoms with Crippen molar-refractivity contribution in [1.82, 2.24) is 14.5 Å². The number of imidazole rings is 1. The smallest absolute Gasteiger partial charge is 0.219 e. The van der Waals surface area contributed by atoms with Gasteiger partial charge in [0.15, 0.2) is 0 Å². The van der Waals surface area contributed by atoms with Gasteiger partial charge in [-0.3, -0.25) is 4.79 Å². The van der Waals surface area contributed by atoms with Crippen molar-refractivity contribution >= 4 is 5.91 Å². The second-order valence-corrected chi connectivity index (χ2v) is 7.04. The van der Waals surface area contributed by atoms with Crippen LogP contribution in [0.4, 0.5) is 0 Å². The van der Waals surface area contributed by atoms with E-state index in [0.717, 1.165) is 30.0 Å². The second-order valence-electron chi connectivity index (χ2n) is 7.04. The minimum atomic E-state index is -0.0268. The Morgan fingerprint density at radius 3 is 2.92 bits per heavy atom. The van der Waals surface area contributed by atoms with Crippen LogP contribution in [-0.4, -0.2) is 53.3 Å². The molecule has 0 N–H and O–H groups in total. The Balaban J connectivity index is 1.61. The lowest BCUT2D eigenvalue weighted by atomic mass is 10.0. The zero-order valence-corrected chi connectivity index (χ0v) is 15.4. The average Bonchev–Trinajstić information content (AvgIpc) is 3.29. The number of ether oxygens (including phenoxy) is 2. The van der Waals surface area contributed by atoms with E-state index in [1.54, 1.807) is 14.0 Å². The van der Waals surface area contributed by atoms with E-state index < -0.39 is 0 Å². The first-order chi connectivity index (χ1) is 12.7. The molecule has 1 atom stereocenters. The number of carbonyl (C=O) groups excluding carboxylic acids is 1. The van der Waals surface area contributed by atoms with E-state index in [2.05, 4.69) is 21.7 Å². The summed E-state index contributed by atoms with van der Waals surface area (Å²) in [5, 5.41) is 0. The number of morpholine rings is 1. The summed E-state index contributed by atoms with van der Waals surface area (Å²) in [6.45, 7) is 4.14. The molecule has 1 aromatic heterocycles. The maximum absolute atomic E-state index is 11.7. The highest BCUT2D eigenvalue weighted by Crippen LogP contribution is 2.35. The first-order valence-corrected chi connectivity index (χ1v) is 9.24. The molecule has 1 aliphatic carbocycles. The minimum Gasteiger partial charge on any atom is -0.496 e. The van der Waals surface area contributed by atoms with Gasteiger partial charge in [0.25, 0.3) is 0 Å². The topological polar surface area (TPSA) is 56.6 Å². The number of carbonyl (C=O) groups is 1. The Morgan fingerprint density at radius 2 is 2.15 bits per heavy atom. The first-order valence-electron chi connectivity index (χ1n) is 9.24. The van der Waals surface area contributed by atoms with Crippen LogP contribution in [0.3, 0.4) is 0 Å². The van der Waals surface area contributed by atoms with E-state index in [1.165, 1.54) is 17.5 Å². The summed E-state index contributed by atoms with van der Waals surface area (Å²) in [6.07, 6.45) is 7.20. The van der Waals surface area contributed by atoms with Gasteiger partial charge in [-0.1, -0.05) is 0 Å². The molecule has 0 bridgehead atoms. The van der Waals surface area contributed by atoms with Gasteiger partial charge < -0.3 is 18.9 Å². The molecule has 2 heterocycles. The number of methoxy groups -OCH3 is 1. The fraction of sp³-hybridized carbons (Fsp3) is 0.500. The summed E-state index contributed by atoms with van der Waals surface area (Å²) < 4.78 is 13.6. The highest BCUT2D eigenvalue weighted by Gasteiger charge is 2.24. The molecule has 1 unspecified atom stereocenters.